The smallest absolute Gasteiger partial charge is 0.338 e. The molecule has 1 rings (SSSR count). The number of carbonyl (C=O) groups excluding carboxylic acids is 1. The summed E-state index contributed by atoms with van der Waals surface area (Å²) in [5, 5.41) is 0. The molecule has 1 aromatic rings. The lowest BCUT2D eigenvalue weighted by Gasteiger charge is -2.04. The van der Waals surface area contributed by atoms with Crippen LogP contribution in [0, 0.1) is 12.3 Å². The van der Waals surface area contributed by atoms with Crippen LogP contribution < -0.4 is 0 Å². The highest BCUT2D eigenvalue weighted by Crippen LogP contribution is 2.09. The monoisotopic (exact) mass is 230 g/mol. The fourth-order valence-electron chi connectivity index (χ4n) is 1.47. The van der Waals surface area contributed by atoms with E-state index in [1.54, 1.807) is 0 Å². The highest BCUT2D eigenvalue weighted by atomic mass is 16.5. The first-order valence-electron chi connectivity index (χ1n) is 5.97. The van der Waals surface area contributed by atoms with Gasteiger partial charge in [0.1, 0.15) is 6.61 Å². The molecule has 0 aliphatic rings. The predicted octanol–water partition coefficient (Wildman–Crippen LogP) is 3.21. The van der Waals surface area contributed by atoms with Gasteiger partial charge in [0.2, 0.25) is 0 Å². The Balaban J connectivity index is 2.49. The molecule has 0 spiro atoms. The summed E-state index contributed by atoms with van der Waals surface area (Å²) in [6, 6.07) is 7.58. The Morgan fingerprint density at radius 2 is 2.06 bits per heavy atom. The summed E-state index contributed by atoms with van der Waals surface area (Å²) >= 11 is 0. The van der Waals surface area contributed by atoms with Crippen molar-refractivity contribution < 1.29 is 9.53 Å². The number of aryl methyl sites for hydroxylation is 1. The van der Waals surface area contributed by atoms with Gasteiger partial charge in [-0.15, -0.1) is 12.3 Å². The Labute approximate surface area is 103 Å². The molecule has 0 radical (unpaired) electrons. The van der Waals surface area contributed by atoms with Crippen LogP contribution in [-0.4, -0.2) is 12.6 Å². The molecule has 0 amide bonds. The minimum atomic E-state index is -0.303. The zero-order valence-electron chi connectivity index (χ0n) is 10.2. The third-order valence-corrected chi connectivity index (χ3v) is 2.49. The molecule has 0 heterocycles. The lowest BCUT2D eigenvalue weighted by atomic mass is 10.1. The van der Waals surface area contributed by atoms with Gasteiger partial charge in [-0.25, -0.2) is 4.79 Å². The van der Waals surface area contributed by atoms with Crippen LogP contribution in [-0.2, 0) is 11.2 Å². The molecule has 2 heteroatoms. The van der Waals surface area contributed by atoms with Gasteiger partial charge < -0.3 is 4.74 Å². The van der Waals surface area contributed by atoms with Crippen molar-refractivity contribution in [2.75, 3.05) is 6.61 Å². The second-order valence-electron chi connectivity index (χ2n) is 3.89. The SMILES string of the molecule is C#CCCOC(=O)c1ccc(CCCC)cc1. The Morgan fingerprint density at radius 3 is 2.65 bits per heavy atom. The standard InChI is InChI=1S/C15H18O2/c1-3-5-7-13-8-10-14(11-9-13)15(16)17-12-6-4-2/h2,8-11H,3,5-7,12H2,1H3. The average Bonchev–Trinajstić information content (AvgIpc) is 2.37. The fourth-order valence-corrected chi connectivity index (χ4v) is 1.47. The summed E-state index contributed by atoms with van der Waals surface area (Å²) in [4.78, 5) is 11.6. The molecule has 0 aromatic heterocycles. The molecule has 0 aliphatic carbocycles. The Bertz CT molecular complexity index is 384. The Hall–Kier alpha value is -1.75. The summed E-state index contributed by atoms with van der Waals surface area (Å²) in [6.07, 6.45) is 8.94. The third kappa shape index (κ3) is 4.74. The summed E-state index contributed by atoms with van der Waals surface area (Å²) in [5.41, 5.74) is 1.84. The van der Waals surface area contributed by atoms with Gasteiger partial charge in [0.25, 0.3) is 0 Å². The van der Waals surface area contributed by atoms with E-state index >= 15 is 0 Å². The van der Waals surface area contributed by atoms with Crippen molar-refractivity contribution in [3.05, 3.63) is 35.4 Å². The summed E-state index contributed by atoms with van der Waals surface area (Å²) in [6.45, 7) is 2.45. The van der Waals surface area contributed by atoms with Gasteiger partial charge in [-0.3, -0.25) is 0 Å². The van der Waals surface area contributed by atoms with Crippen LogP contribution in [0.3, 0.4) is 0 Å². The fraction of sp³-hybridized carbons (Fsp3) is 0.400. The summed E-state index contributed by atoms with van der Waals surface area (Å²) in [5.74, 6) is 2.13. The number of benzene rings is 1. The molecule has 1 aromatic carbocycles. The summed E-state index contributed by atoms with van der Waals surface area (Å²) in [7, 11) is 0. The van der Waals surface area contributed by atoms with Crippen molar-refractivity contribution in [3.63, 3.8) is 0 Å². The highest BCUT2D eigenvalue weighted by Gasteiger charge is 2.05. The van der Waals surface area contributed by atoms with Crippen molar-refractivity contribution in [2.45, 2.75) is 32.6 Å². The number of hydrogen-bond acceptors (Lipinski definition) is 2. The van der Waals surface area contributed by atoms with E-state index in [4.69, 9.17) is 11.2 Å². The number of hydrogen-bond donors (Lipinski definition) is 0. The van der Waals surface area contributed by atoms with Crippen molar-refractivity contribution in [1.82, 2.24) is 0 Å². The number of terminal acetylenes is 1. The van der Waals surface area contributed by atoms with Crippen molar-refractivity contribution >= 4 is 5.97 Å². The number of carbonyl (C=O) groups is 1. The molecule has 17 heavy (non-hydrogen) atoms. The third-order valence-electron chi connectivity index (χ3n) is 2.49. The van der Waals surface area contributed by atoms with Crippen molar-refractivity contribution in [1.29, 1.82) is 0 Å². The first-order chi connectivity index (χ1) is 8.27. The normalized spacial score (nSPS) is 9.65. The van der Waals surface area contributed by atoms with Crippen LogP contribution >= 0.6 is 0 Å². The topological polar surface area (TPSA) is 26.3 Å². The molecule has 2 nitrogen and oxygen atoms in total. The van der Waals surface area contributed by atoms with Crippen LogP contribution in [0.5, 0.6) is 0 Å². The van der Waals surface area contributed by atoms with Gasteiger partial charge in [-0.1, -0.05) is 25.5 Å². The molecule has 0 N–H and O–H groups in total. The largest absolute Gasteiger partial charge is 0.461 e. The van der Waals surface area contributed by atoms with E-state index in [0.29, 0.717) is 12.0 Å². The van der Waals surface area contributed by atoms with Crippen LogP contribution in [0.4, 0.5) is 0 Å². The van der Waals surface area contributed by atoms with E-state index in [2.05, 4.69) is 12.8 Å². The van der Waals surface area contributed by atoms with Crippen molar-refractivity contribution in [3.8, 4) is 12.3 Å². The number of rotatable bonds is 6. The maximum atomic E-state index is 11.6. The minimum absolute atomic E-state index is 0.285. The lowest BCUT2D eigenvalue weighted by Crippen LogP contribution is -2.06. The van der Waals surface area contributed by atoms with Gasteiger partial charge in [-0.2, -0.15) is 0 Å². The molecule has 0 aliphatic heterocycles. The Kier molecular flexibility index (Phi) is 5.88. The van der Waals surface area contributed by atoms with Gasteiger partial charge in [0, 0.05) is 6.42 Å². The molecule has 0 unspecified atom stereocenters. The lowest BCUT2D eigenvalue weighted by molar-refractivity contribution is 0.0513. The average molecular weight is 230 g/mol. The maximum Gasteiger partial charge on any atom is 0.338 e. The van der Waals surface area contributed by atoms with Gasteiger partial charge in [0.15, 0.2) is 0 Å². The first-order valence-corrected chi connectivity index (χ1v) is 5.97. The zero-order valence-corrected chi connectivity index (χ0v) is 10.2. The molecule has 0 atom stereocenters. The first kappa shape index (κ1) is 13.3. The zero-order chi connectivity index (χ0) is 12.5. The Morgan fingerprint density at radius 1 is 1.35 bits per heavy atom. The van der Waals surface area contributed by atoms with E-state index in [-0.39, 0.29) is 12.6 Å². The van der Waals surface area contributed by atoms with Crippen LogP contribution in [0.25, 0.3) is 0 Å². The minimum Gasteiger partial charge on any atom is -0.461 e. The number of esters is 1. The van der Waals surface area contributed by atoms with E-state index < -0.39 is 0 Å². The van der Waals surface area contributed by atoms with Gasteiger partial charge >= 0.3 is 5.97 Å². The van der Waals surface area contributed by atoms with Gasteiger partial charge in [0.05, 0.1) is 5.56 Å². The second-order valence-corrected chi connectivity index (χ2v) is 3.89. The van der Waals surface area contributed by atoms with E-state index in [0.717, 1.165) is 6.42 Å². The summed E-state index contributed by atoms with van der Waals surface area (Å²) < 4.78 is 5.01. The number of unbranched alkanes of at least 4 members (excludes halogenated alkanes) is 1. The molecular formula is C15H18O2. The molecule has 90 valence electrons. The van der Waals surface area contributed by atoms with Crippen molar-refractivity contribution in [2.24, 2.45) is 0 Å². The van der Waals surface area contributed by atoms with E-state index in [1.165, 1.54) is 18.4 Å². The van der Waals surface area contributed by atoms with Crippen LogP contribution in [0.15, 0.2) is 24.3 Å². The van der Waals surface area contributed by atoms with Crippen LogP contribution in [0.2, 0.25) is 0 Å². The molecule has 0 fully saturated rings. The number of ether oxygens (including phenoxy) is 1. The highest BCUT2D eigenvalue weighted by molar-refractivity contribution is 5.89. The van der Waals surface area contributed by atoms with Crippen LogP contribution in [0.1, 0.15) is 42.1 Å². The van der Waals surface area contributed by atoms with Gasteiger partial charge in [-0.05, 0) is 30.5 Å². The molecular weight excluding hydrogens is 212 g/mol. The molecule has 0 saturated heterocycles. The predicted molar refractivity (Wildman–Crippen MR) is 68.8 cm³/mol. The second kappa shape index (κ2) is 7.51. The molecule has 0 bridgehead atoms. The molecule has 0 saturated carbocycles. The maximum absolute atomic E-state index is 11.6. The van der Waals surface area contributed by atoms with E-state index in [9.17, 15) is 4.79 Å². The van der Waals surface area contributed by atoms with E-state index in [1.807, 2.05) is 24.3 Å². The quantitative estimate of drug-likeness (QED) is 0.426.